The monoisotopic (exact) mass is 250 g/mol. The number of likely N-dealkylation sites (N-methyl/N-ethyl adjacent to an activating group) is 1. The molecule has 0 aromatic heterocycles. The summed E-state index contributed by atoms with van der Waals surface area (Å²) in [5.41, 5.74) is 0. The Balaban J connectivity index is 2.46. The maximum Gasteiger partial charge on any atom is 0.137 e. The third kappa shape index (κ3) is 4.69. The molecule has 0 saturated carbocycles. The molecule has 0 radical (unpaired) electrons. The van der Waals surface area contributed by atoms with Crippen LogP contribution in [-0.2, 0) is 0 Å². The van der Waals surface area contributed by atoms with Crippen LogP contribution in [0.5, 0.6) is 5.75 Å². The highest BCUT2D eigenvalue weighted by Gasteiger charge is 2.22. The molecule has 2 nitrogen and oxygen atoms in total. The fraction of sp³-hybridized carbons (Fsp3) is 0.625. The molecule has 0 aliphatic heterocycles. The van der Waals surface area contributed by atoms with Crippen molar-refractivity contribution in [3.63, 3.8) is 0 Å². The third-order valence-electron chi connectivity index (χ3n) is 3.64. The van der Waals surface area contributed by atoms with Gasteiger partial charge in [0.2, 0.25) is 0 Å². The minimum Gasteiger partial charge on any atom is -0.488 e. The molecule has 0 fully saturated rings. The fourth-order valence-corrected chi connectivity index (χ4v) is 2.63. The first-order valence-electron chi connectivity index (χ1n) is 7.29. The highest BCUT2D eigenvalue weighted by Crippen LogP contribution is 2.12. The van der Waals surface area contributed by atoms with Crippen molar-refractivity contribution in [2.45, 2.75) is 33.6 Å². The van der Waals surface area contributed by atoms with Crippen LogP contribution >= 0.6 is 0 Å². The van der Waals surface area contributed by atoms with Gasteiger partial charge in [0.25, 0.3) is 0 Å². The van der Waals surface area contributed by atoms with Gasteiger partial charge in [-0.1, -0.05) is 32.0 Å². The minimum absolute atomic E-state index is 0.817. The van der Waals surface area contributed by atoms with E-state index in [2.05, 4.69) is 20.8 Å². The van der Waals surface area contributed by atoms with Gasteiger partial charge >= 0.3 is 0 Å². The molecule has 102 valence electrons. The molecule has 0 spiro atoms. The van der Waals surface area contributed by atoms with Crippen LogP contribution in [-0.4, -0.2) is 37.3 Å². The van der Waals surface area contributed by atoms with Crippen LogP contribution in [0.15, 0.2) is 30.3 Å². The van der Waals surface area contributed by atoms with Crippen LogP contribution in [0, 0.1) is 0 Å². The Bertz CT molecular complexity index is 304. The summed E-state index contributed by atoms with van der Waals surface area (Å²) in [4.78, 5) is 0. The number of hydrogen-bond acceptors (Lipinski definition) is 1. The van der Waals surface area contributed by atoms with Crippen molar-refractivity contribution < 1.29 is 9.22 Å². The molecule has 0 amide bonds. The van der Waals surface area contributed by atoms with Crippen molar-refractivity contribution in [3.05, 3.63) is 30.3 Å². The van der Waals surface area contributed by atoms with Crippen molar-refractivity contribution in [2.75, 3.05) is 32.8 Å². The zero-order chi connectivity index (χ0) is 13.3. The van der Waals surface area contributed by atoms with Gasteiger partial charge in [-0.05, 0) is 31.9 Å². The molecule has 0 saturated heterocycles. The molecule has 0 atom stereocenters. The number of benzene rings is 1. The Labute approximate surface area is 112 Å². The van der Waals surface area contributed by atoms with Crippen LogP contribution in [0.25, 0.3) is 0 Å². The molecule has 0 aliphatic rings. The van der Waals surface area contributed by atoms with Gasteiger partial charge in [-0.15, -0.1) is 0 Å². The average molecular weight is 250 g/mol. The summed E-state index contributed by atoms with van der Waals surface area (Å²) in [6.45, 7) is 12.5. The van der Waals surface area contributed by atoms with Gasteiger partial charge in [0.1, 0.15) is 18.9 Å². The average Bonchev–Trinajstić information content (AvgIpc) is 2.40. The normalized spacial score (nSPS) is 11.5. The Kier molecular flexibility index (Phi) is 6.81. The highest BCUT2D eigenvalue weighted by molar-refractivity contribution is 5.20. The minimum atomic E-state index is 0.817. The van der Waals surface area contributed by atoms with E-state index in [0.717, 1.165) is 18.9 Å². The molecule has 1 rings (SSSR count). The maximum absolute atomic E-state index is 5.84. The smallest absolute Gasteiger partial charge is 0.137 e. The lowest BCUT2D eigenvalue weighted by molar-refractivity contribution is -0.926. The fourth-order valence-electron chi connectivity index (χ4n) is 2.63. The molecule has 1 aromatic carbocycles. The second kappa shape index (κ2) is 8.15. The van der Waals surface area contributed by atoms with E-state index in [1.807, 2.05) is 30.3 Å². The van der Waals surface area contributed by atoms with E-state index in [1.54, 1.807) is 0 Å². The molecule has 0 heterocycles. The van der Waals surface area contributed by atoms with Crippen LogP contribution in [0.1, 0.15) is 33.6 Å². The number of ether oxygens (including phenoxy) is 1. The highest BCUT2D eigenvalue weighted by atomic mass is 16.5. The zero-order valence-electron chi connectivity index (χ0n) is 12.2. The van der Waals surface area contributed by atoms with Gasteiger partial charge < -0.3 is 9.22 Å². The van der Waals surface area contributed by atoms with E-state index in [0.29, 0.717) is 0 Å². The van der Waals surface area contributed by atoms with Crippen LogP contribution < -0.4 is 4.74 Å². The molecule has 0 unspecified atom stereocenters. The number of para-hydroxylation sites is 1. The van der Waals surface area contributed by atoms with Crippen molar-refractivity contribution in [2.24, 2.45) is 0 Å². The van der Waals surface area contributed by atoms with Crippen LogP contribution in [0.3, 0.4) is 0 Å². The van der Waals surface area contributed by atoms with Crippen molar-refractivity contribution >= 4 is 0 Å². The summed E-state index contributed by atoms with van der Waals surface area (Å²) in [5, 5.41) is 0. The zero-order valence-corrected chi connectivity index (χ0v) is 12.2. The number of hydrogen-bond donors (Lipinski definition) is 0. The number of quaternary nitrogens is 1. The molecule has 1 aromatic rings. The summed E-state index contributed by atoms with van der Waals surface area (Å²) in [5.74, 6) is 0.986. The summed E-state index contributed by atoms with van der Waals surface area (Å²) in [6.07, 6.45) is 2.50. The van der Waals surface area contributed by atoms with Crippen molar-refractivity contribution in [1.82, 2.24) is 0 Å². The van der Waals surface area contributed by atoms with E-state index >= 15 is 0 Å². The number of nitrogens with zero attached hydrogens (tertiary/aromatic N) is 1. The Morgan fingerprint density at radius 2 is 1.50 bits per heavy atom. The Morgan fingerprint density at radius 1 is 0.889 bits per heavy atom. The predicted octanol–water partition coefficient (Wildman–Crippen LogP) is 3.72. The van der Waals surface area contributed by atoms with Crippen molar-refractivity contribution in [1.29, 1.82) is 0 Å². The predicted molar refractivity (Wildman–Crippen MR) is 77.9 cm³/mol. The Hall–Kier alpha value is -1.02. The molecule has 0 N–H and O–H groups in total. The molecular formula is C16H28NO+. The van der Waals surface area contributed by atoms with E-state index in [-0.39, 0.29) is 0 Å². The van der Waals surface area contributed by atoms with Crippen LogP contribution in [0.2, 0.25) is 0 Å². The molecule has 0 bridgehead atoms. The van der Waals surface area contributed by atoms with Gasteiger partial charge in [-0.2, -0.15) is 0 Å². The van der Waals surface area contributed by atoms with Gasteiger partial charge in [0.05, 0.1) is 19.6 Å². The molecule has 2 heteroatoms. The molecule has 0 aliphatic carbocycles. The van der Waals surface area contributed by atoms with Gasteiger partial charge in [-0.3, -0.25) is 0 Å². The first kappa shape index (κ1) is 15.0. The SMILES string of the molecule is CCC[N+](CC)(CCC)CCOc1ccccc1. The summed E-state index contributed by atoms with van der Waals surface area (Å²) in [7, 11) is 0. The summed E-state index contributed by atoms with van der Waals surface area (Å²) in [6, 6.07) is 10.1. The lowest BCUT2D eigenvalue weighted by Gasteiger charge is -2.37. The largest absolute Gasteiger partial charge is 0.488 e. The first-order valence-corrected chi connectivity index (χ1v) is 7.29. The van der Waals surface area contributed by atoms with Crippen LogP contribution in [0.4, 0.5) is 0 Å². The van der Waals surface area contributed by atoms with E-state index in [4.69, 9.17) is 4.74 Å². The maximum atomic E-state index is 5.84. The Morgan fingerprint density at radius 3 is 2.00 bits per heavy atom. The molecular weight excluding hydrogens is 222 g/mol. The van der Waals surface area contributed by atoms with Gasteiger partial charge in [0.15, 0.2) is 0 Å². The quantitative estimate of drug-likeness (QED) is 0.607. The number of rotatable bonds is 9. The van der Waals surface area contributed by atoms with E-state index in [1.165, 1.54) is 37.0 Å². The lowest BCUT2D eigenvalue weighted by atomic mass is 10.2. The lowest BCUT2D eigenvalue weighted by Crippen LogP contribution is -2.51. The van der Waals surface area contributed by atoms with Gasteiger partial charge in [-0.25, -0.2) is 0 Å². The first-order chi connectivity index (χ1) is 8.76. The standard InChI is InChI=1S/C16H28NO/c1-4-12-17(6-3,13-5-2)14-15-18-16-10-8-7-9-11-16/h7-11H,4-6,12-15H2,1-3H3/q+1. The second-order valence-electron chi connectivity index (χ2n) is 4.99. The summed E-state index contributed by atoms with van der Waals surface area (Å²) >= 11 is 0. The molecule has 18 heavy (non-hydrogen) atoms. The topological polar surface area (TPSA) is 9.23 Å². The van der Waals surface area contributed by atoms with E-state index in [9.17, 15) is 0 Å². The third-order valence-corrected chi connectivity index (χ3v) is 3.64. The van der Waals surface area contributed by atoms with Gasteiger partial charge in [0, 0.05) is 0 Å². The van der Waals surface area contributed by atoms with Crippen molar-refractivity contribution in [3.8, 4) is 5.75 Å². The second-order valence-corrected chi connectivity index (χ2v) is 4.99. The van der Waals surface area contributed by atoms with E-state index < -0.39 is 0 Å². The summed E-state index contributed by atoms with van der Waals surface area (Å²) < 4.78 is 7.03.